The van der Waals surface area contributed by atoms with Gasteiger partial charge >= 0.3 is 0 Å². The van der Waals surface area contributed by atoms with Crippen LogP contribution in [0.4, 0.5) is 0 Å². The lowest BCUT2D eigenvalue weighted by Gasteiger charge is -2.21. The lowest BCUT2D eigenvalue weighted by atomic mass is 9.83. The first-order valence-electron chi connectivity index (χ1n) is 8.30. The van der Waals surface area contributed by atoms with Crippen LogP contribution >= 0.6 is 15.9 Å². The molecule has 4 heteroatoms. The van der Waals surface area contributed by atoms with Crippen LogP contribution in [0, 0.1) is 0 Å². The summed E-state index contributed by atoms with van der Waals surface area (Å²) in [5, 5.41) is 15.3. The molecule has 2 aromatic rings. The van der Waals surface area contributed by atoms with Crippen LogP contribution in [0.3, 0.4) is 0 Å². The molecular weight excluding hydrogens is 352 g/mol. The highest BCUT2D eigenvalue weighted by molar-refractivity contribution is 9.10. The second-order valence-corrected chi connectivity index (χ2v) is 6.81. The predicted octanol–water partition coefficient (Wildman–Crippen LogP) is 5.69. The number of aryl methyl sites for hydroxylation is 1. The van der Waals surface area contributed by atoms with E-state index >= 15 is 0 Å². The molecule has 1 heterocycles. The van der Waals surface area contributed by atoms with E-state index in [1.165, 1.54) is 36.1 Å². The Labute approximate surface area is 147 Å². The molecule has 0 radical (unpaired) electrons. The van der Waals surface area contributed by atoms with Gasteiger partial charge in [0.1, 0.15) is 0 Å². The summed E-state index contributed by atoms with van der Waals surface area (Å²) in [6.45, 7) is 2.13. The van der Waals surface area contributed by atoms with Gasteiger partial charge in [-0.1, -0.05) is 47.5 Å². The minimum absolute atomic E-state index is 0.640. The van der Waals surface area contributed by atoms with E-state index in [0.717, 1.165) is 30.0 Å². The molecule has 0 spiro atoms. The van der Waals surface area contributed by atoms with Crippen molar-refractivity contribution in [3.8, 4) is 0 Å². The second-order valence-electron chi connectivity index (χ2n) is 5.89. The lowest BCUT2D eigenvalue weighted by molar-refractivity contribution is 0.470. The normalized spacial score (nSPS) is 16.7. The van der Waals surface area contributed by atoms with Crippen molar-refractivity contribution in [1.29, 1.82) is 0 Å². The van der Waals surface area contributed by atoms with Gasteiger partial charge in [0.2, 0.25) is 0 Å². The van der Waals surface area contributed by atoms with Crippen molar-refractivity contribution in [3.63, 3.8) is 0 Å². The molecule has 124 valence electrons. The Balaban J connectivity index is 0.000000236. The van der Waals surface area contributed by atoms with E-state index in [1.807, 2.05) is 6.20 Å². The minimum atomic E-state index is 0.640. The van der Waals surface area contributed by atoms with E-state index < -0.39 is 0 Å². The molecule has 0 aliphatic heterocycles. The van der Waals surface area contributed by atoms with Gasteiger partial charge in [0, 0.05) is 10.2 Å². The fourth-order valence-corrected chi connectivity index (χ4v) is 3.09. The number of benzene rings is 1. The SMILES string of the molecule is Brc1ccc(C2CCc3cn[nH]c3C2)cc1.CCCCC=CO. The summed E-state index contributed by atoms with van der Waals surface area (Å²) < 4.78 is 1.15. The number of fused-ring (bicyclic) bond motifs is 1. The van der Waals surface area contributed by atoms with Gasteiger partial charge in [-0.2, -0.15) is 5.10 Å². The minimum Gasteiger partial charge on any atom is -0.516 e. The van der Waals surface area contributed by atoms with E-state index in [-0.39, 0.29) is 0 Å². The molecule has 0 amide bonds. The van der Waals surface area contributed by atoms with Crippen LogP contribution in [-0.4, -0.2) is 15.3 Å². The van der Waals surface area contributed by atoms with Crippen molar-refractivity contribution in [3.05, 3.63) is 64.1 Å². The van der Waals surface area contributed by atoms with Crippen LogP contribution in [0.25, 0.3) is 0 Å². The maximum absolute atomic E-state index is 8.11. The number of allylic oxidation sites excluding steroid dienone is 1. The first kappa shape index (κ1) is 17.8. The highest BCUT2D eigenvalue weighted by Crippen LogP contribution is 2.31. The molecule has 23 heavy (non-hydrogen) atoms. The Bertz CT molecular complexity index is 604. The molecule has 2 N–H and O–H groups in total. The van der Waals surface area contributed by atoms with Gasteiger partial charge in [0.05, 0.1) is 12.5 Å². The molecule has 1 aromatic carbocycles. The fraction of sp³-hybridized carbons (Fsp3) is 0.421. The molecule has 1 unspecified atom stereocenters. The van der Waals surface area contributed by atoms with Crippen molar-refractivity contribution in [2.45, 2.75) is 51.4 Å². The molecule has 3 nitrogen and oxygen atoms in total. The number of hydrogen-bond acceptors (Lipinski definition) is 2. The third kappa shape index (κ3) is 5.54. The van der Waals surface area contributed by atoms with Gasteiger partial charge in [-0.25, -0.2) is 0 Å². The number of aliphatic hydroxyl groups is 1. The zero-order chi connectivity index (χ0) is 16.5. The van der Waals surface area contributed by atoms with Gasteiger partial charge in [-0.3, -0.25) is 5.10 Å². The summed E-state index contributed by atoms with van der Waals surface area (Å²) in [6, 6.07) is 8.68. The van der Waals surface area contributed by atoms with Crippen LogP contribution in [0.5, 0.6) is 0 Å². The molecule has 1 atom stereocenters. The van der Waals surface area contributed by atoms with E-state index in [2.05, 4.69) is 57.3 Å². The van der Waals surface area contributed by atoms with Crippen molar-refractivity contribution in [1.82, 2.24) is 10.2 Å². The summed E-state index contributed by atoms with van der Waals surface area (Å²) in [4.78, 5) is 0. The van der Waals surface area contributed by atoms with Gasteiger partial charge in [0.25, 0.3) is 0 Å². The maximum Gasteiger partial charge on any atom is 0.0751 e. The first-order chi connectivity index (χ1) is 11.2. The average Bonchev–Trinajstić information content (AvgIpc) is 3.04. The Kier molecular flexibility index (Phi) is 7.40. The highest BCUT2D eigenvalue weighted by Gasteiger charge is 2.21. The van der Waals surface area contributed by atoms with Gasteiger partial charge in [-0.15, -0.1) is 0 Å². The van der Waals surface area contributed by atoms with E-state index in [4.69, 9.17) is 5.11 Å². The quantitative estimate of drug-likeness (QED) is 0.531. The van der Waals surface area contributed by atoms with Crippen LogP contribution in [0.1, 0.15) is 55.3 Å². The topological polar surface area (TPSA) is 48.9 Å². The zero-order valence-corrected chi connectivity index (χ0v) is 15.2. The summed E-state index contributed by atoms with van der Waals surface area (Å²) in [5.41, 5.74) is 4.15. The summed E-state index contributed by atoms with van der Waals surface area (Å²) in [5.74, 6) is 0.640. The molecule has 0 saturated heterocycles. The molecule has 0 bridgehead atoms. The summed E-state index contributed by atoms with van der Waals surface area (Å²) in [7, 11) is 0. The largest absolute Gasteiger partial charge is 0.516 e. The summed E-state index contributed by atoms with van der Waals surface area (Å²) in [6.07, 6.45) is 11.7. The first-order valence-corrected chi connectivity index (χ1v) is 9.09. The molecule has 0 fully saturated rings. The highest BCUT2D eigenvalue weighted by atomic mass is 79.9. The number of nitrogens with one attached hydrogen (secondary N) is 1. The van der Waals surface area contributed by atoms with Crippen molar-refractivity contribution >= 4 is 15.9 Å². The molecule has 1 aliphatic rings. The number of rotatable bonds is 4. The van der Waals surface area contributed by atoms with Crippen LogP contribution in [-0.2, 0) is 12.8 Å². The molecule has 1 aromatic heterocycles. The summed E-state index contributed by atoms with van der Waals surface area (Å²) >= 11 is 3.47. The monoisotopic (exact) mass is 376 g/mol. The van der Waals surface area contributed by atoms with Crippen molar-refractivity contribution in [2.75, 3.05) is 0 Å². The number of aromatic amines is 1. The Morgan fingerprint density at radius 1 is 1.35 bits per heavy atom. The predicted molar refractivity (Wildman–Crippen MR) is 98.8 cm³/mol. The average molecular weight is 377 g/mol. The van der Waals surface area contributed by atoms with E-state index in [0.29, 0.717) is 5.92 Å². The smallest absolute Gasteiger partial charge is 0.0751 e. The van der Waals surface area contributed by atoms with E-state index in [1.54, 1.807) is 6.08 Å². The number of nitrogens with zero attached hydrogens (tertiary/aromatic N) is 1. The molecular formula is C19H25BrN2O. The van der Waals surface area contributed by atoms with Gasteiger partial charge < -0.3 is 5.11 Å². The van der Waals surface area contributed by atoms with Crippen LogP contribution in [0.2, 0.25) is 0 Å². The van der Waals surface area contributed by atoms with Gasteiger partial charge in [-0.05, 0) is 61.3 Å². The molecule has 0 saturated carbocycles. The number of aliphatic hydroxyl groups excluding tert-OH is 1. The zero-order valence-electron chi connectivity index (χ0n) is 13.6. The van der Waals surface area contributed by atoms with E-state index in [9.17, 15) is 0 Å². The van der Waals surface area contributed by atoms with Crippen molar-refractivity contribution < 1.29 is 5.11 Å². The number of aromatic nitrogens is 2. The van der Waals surface area contributed by atoms with Crippen molar-refractivity contribution in [2.24, 2.45) is 0 Å². The number of hydrogen-bond donors (Lipinski definition) is 2. The third-order valence-corrected chi connectivity index (χ3v) is 4.72. The Morgan fingerprint density at radius 2 is 2.13 bits per heavy atom. The standard InChI is InChI=1S/C13H13BrN2.C6H12O/c14-12-5-3-9(4-6-12)10-1-2-11-8-15-16-13(11)7-10;1-2-3-4-5-6-7/h3-6,8,10H,1-2,7H2,(H,15,16);5-7H,2-4H2,1H3. The van der Waals surface area contributed by atoms with Crippen LogP contribution < -0.4 is 0 Å². The Morgan fingerprint density at radius 3 is 2.83 bits per heavy atom. The third-order valence-electron chi connectivity index (χ3n) is 4.19. The Hall–Kier alpha value is -1.55. The van der Waals surface area contributed by atoms with Crippen LogP contribution in [0.15, 0.2) is 47.3 Å². The second kappa shape index (κ2) is 9.56. The maximum atomic E-state index is 8.11. The lowest BCUT2D eigenvalue weighted by Crippen LogP contribution is -2.11. The number of H-pyrrole nitrogens is 1. The molecule has 3 rings (SSSR count). The number of halogens is 1. The van der Waals surface area contributed by atoms with Gasteiger partial charge in [0.15, 0.2) is 0 Å². The number of unbranched alkanes of at least 4 members (excludes halogenated alkanes) is 2. The fourth-order valence-electron chi connectivity index (χ4n) is 2.82. The molecule has 1 aliphatic carbocycles.